The topological polar surface area (TPSA) is 126 Å². The number of benzene rings is 4. The van der Waals surface area contributed by atoms with Crippen LogP contribution < -0.4 is 9.47 Å². The summed E-state index contributed by atoms with van der Waals surface area (Å²) in [5.74, 6) is -3.46. The zero-order valence-corrected chi connectivity index (χ0v) is 21.8. The minimum atomic E-state index is -5.04. The number of ether oxygens (including phenoxy) is 2. The van der Waals surface area contributed by atoms with Crippen molar-refractivity contribution in [1.82, 2.24) is 4.57 Å². The average Bonchev–Trinajstić information content (AvgIpc) is 3.21. The van der Waals surface area contributed by atoms with Crippen molar-refractivity contribution in [2.24, 2.45) is 10.2 Å². The van der Waals surface area contributed by atoms with E-state index < -0.39 is 41.8 Å². The van der Waals surface area contributed by atoms with Gasteiger partial charge in [0, 0.05) is 16.6 Å². The Bertz CT molecular complexity index is 1900. The molecule has 226 valence electrons. The second-order valence-corrected chi connectivity index (χ2v) is 9.04. The normalized spacial score (nSPS) is 12.1. The molecule has 0 unspecified atom stereocenters. The Morgan fingerprint density at radius 3 is 2.05 bits per heavy atom. The van der Waals surface area contributed by atoms with Gasteiger partial charge < -0.3 is 24.8 Å². The minimum absolute atomic E-state index is 0.0402. The maximum absolute atomic E-state index is 12.9. The molecular weight excluding hydrogens is 600 g/mol. The number of halogens is 6. The first kappa shape index (κ1) is 29.8. The molecule has 0 atom stereocenters. The van der Waals surface area contributed by atoms with Crippen molar-refractivity contribution in [2.45, 2.75) is 12.7 Å². The number of nitrogens with zero attached hydrogens (tertiary/aromatic N) is 3. The van der Waals surface area contributed by atoms with Gasteiger partial charge in [0.25, 0.3) is 0 Å². The lowest BCUT2D eigenvalue weighted by Crippen LogP contribution is -2.17. The van der Waals surface area contributed by atoms with E-state index in [9.17, 15) is 46.5 Å². The molecule has 0 saturated carbocycles. The zero-order valence-electron chi connectivity index (χ0n) is 21.8. The van der Waals surface area contributed by atoms with E-state index in [-0.39, 0.29) is 39.1 Å². The van der Waals surface area contributed by atoms with Crippen LogP contribution in [0.5, 0.6) is 23.1 Å². The summed E-state index contributed by atoms with van der Waals surface area (Å²) in [5, 5.41) is 39.2. The number of carbonyl (C=O) groups is 1. The number of carboxylic acids is 1. The second kappa shape index (κ2) is 11.2. The number of hydrogen-bond donors (Lipinski definition) is 3. The van der Waals surface area contributed by atoms with E-state index in [4.69, 9.17) is 0 Å². The number of alkyl halides is 6. The molecule has 4 aromatic carbocycles. The van der Waals surface area contributed by atoms with Crippen LogP contribution in [0.25, 0.3) is 27.7 Å². The molecule has 44 heavy (non-hydrogen) atoms. The van der Waals surface area contributed by atoms with Gasteiger partial charge in [-0.2, -0.15) is 0 Å². The first-order valence-corrected chi connectivity index (χ1v) is 12.3. The summed E-state index contributed by atoms with van der Waals surface area (Å²) in [5.41, 5.74) is 0.168. The summed E-state index contributed by atoms with van der Waals surface area (Å²) >= 11 is 0. The van der Waals surface area contributed by atoms with Crippen LogP contribution >= 0.6 is 0 Å². The molecule has 9 nitrogen and oxygen atoms in total. The van der Waals surface area contributed by atoms with Gasteiger partial charge in [0.2, 0.25) is 5.88 Å². The number of aromatic hydroxyl groups is 2. The van der Waals surface area contributed by atoms with E-state index in [0.29, 0.717) is 5.56 Å². The fraction of sp³-hybridized carbons (Fsp3) is 0.0690. The Balaban J connectivity index is 1.61. The van der Waals surface area contributed by atoms with Crippen molar-refractivity contribution in [2.75, 3.05) is 0 Å². The van der Waals surface area contributed by atoms with Crippen LogP contribution in [-0.4, -0.2) is 38.6 Å². The first-order valence-electron chi connectivity index (χ1n) is 12.3. The van der Waals surface area contributed by atoms with Crippen LogP contribution in [-0.2, 0) is 0 Å². The highest BCUT2D eigenvalue weighted by atomic mass is 19.4. The third kappa shape index (κ3) is 6.35. The summed E-state index contributed by atoms with van der Waals surface area (Å²) in [6.07, 6.45) is -9.99. The van der Waals surface area contributed by atoms with Gasteiger partial charge in [0.1, 0.15) is 17.2 Å². The average molecular weight is 617 g/mol. The number of phenolic OH excluding ortho intramolecular Hbond substituents is 1. The molecule has 1 heterocycles. The Morgan fingerprint density at radius 1 is 0.750 bits per heavy atom. The number of hydrogen-bond acceptors (Lipinski definition) is 7. The minimum Gasteiger partial charge on any atom is -0.505 e. The number of azo groups is 1. The fourth-order valence-electron chi connectivity index (χ4n) is 4.36. The highest BCUT2D eigenvalue weighted by Crippen LogP contribution is 2.45. The quantitative estimate of drug-likeness (QED) is 0.124. The molecule has 0 aliphatic carbocycles. The maximum atomic E-state index is 12.9. The van der Waals surface area contributed by atoms with E-state index in [2.05, 4.69) is 19.7 Å². The van der Waals surface area contributed by atoms with E-state index >= 15 is 0 Å². The SMILES string of the molecule is O=C(O)c1cccc(-c2cccc(N=Nc3c(O)n(-c4ccc(OC(F)(F)F)cc4)c4ccc(OC(F)(F)F)cc34)c2O)c1. The molecule has 0 radical (unpaired) electrons. The molecule has 0 amide bonds. The molecule has 5 rings (SSSR count). The first-order chi connectivity index (χ1) is 20.7. The smallest absolute Gasteiger partial charge is 0.505 e. The molecule has 0 aliphatic rings. The lowest BCUT2D eigenvalue weighted by molar-refractivity contribution is -0.275. The number of aromatic carboxylic acids is 1. The number of aromatic nitrogens is 1. The monoisotopic (exact) mass is 617 g/mol. The molecule has 0 aliphatic heterocycles. The van der Waals surface area contributed by atoms with Gasteiger partial charge in [-0.05, 0) is 66.2 Å². The van der Waals surface area contributed by atoms with Crippen molar-refractivity contribution < 1.29 is 55.9 Å². The predicted molar refractivity (Wildman–Crippen MR) is 143 cm³/mol. The number of rotatable bonds is 7. The number of carboxylic acid groups (broad SMARTS) is 1. The standard InChI is InChI=1S/C29H17F6N3O6/c30-28(31,32)43-18-9-7-17(8-10-18)38-23-12-11-19(44-29(33,34)35)14-21(23)24(26(38)40)37-36-22-6-2-5-20(25(22)39)15-3-1-4-16(13-15)27(41)42/h1-14,39-40H,(H,41,42). The summed E-state index contributed by atoms with van der Waals surface area (Å²) in [6, 6.07) is 17.4. The van der Waals surface area contributed by atoms with Crippen molar-refractivity contribution in [3.05, 3.63) is 90.5 Å². The van der Waals surface area contributed by atoms with Crippen LogP contribution in [0.2, 0.25) is 0 Å². The highest BCUT2D eigenvalue weighted by molar-refractivity contribution is 5.97. The molecular formula is C29H17F6N3O6. The Morgan fingerprint density at radius 2 is 1.39 bits per heavy atom. The van der Waals surface area contributed by atoms with E-state index in [1.54, 1.807) is 6.07 Å². The molecule has 3 N–H and O–H groups in total. The third-order valence-corrected chi connectivity index (χ3v) is 6.14. The van der Waals surface area contributed by atoms with Crippen LogP contribution in [0.3, 0.4) is 0 Å². The lowest BCUT2D eigenvalue weighted by atomic mass is 10.0. The number of para-hydroxylation sites is 1. The summed E-state index contributed by atoms with van der Waals surface area (Å²) in [4.78, 5) is 11.4. The molecule has 0 spiro atoms. The Kier molecular flexibility index (Phi) is 7.55. The molecule has 0 fully saturated rings. The van der Waals surface area contributed by atoms with Gasteiger partial charge in [0.15, 0.2) is 11.4 Å². The summed E-state index contributed by atoms with van der Waals surface area (Å²) in [7, 11) is 0. The fourth-order valence-corrected chi connectivity index (χ4v) is 4.36. The van der Waals surface area contributed by atoms with E-state index in [0.717, 1.165) is 28.8 Å². The lowest BCUT2D eigenvalue weighted by Gasteiger charge is -2.11. The molecule has 0 bridgehead atoms. The molecule has 5 aromatic rings. The Labute approximate surface area is 242 Å². The molecule has 0 saturated heterocycles. The van der Waals surface area contributed by atoms with Crippen LogP contribution in [0.15, 0.2) is 95.2 Å². The van der Waals surface area contributed by atoms with Crippen LogP contribution in [0.1, 0.15) is 10.4 Å². The van der Waals surface area contributed by atoms with E-state index in [1.807, 2.05) is 0 Å². The second-order valence-electron chi connectivity index (χ2n) is 9.04. The van der Waals surface area contributed by atoms with Gasteiger partial charge in [-0.15, -0.1) is 36.6 Å². The number of phenols is 1. The maximum Gasteiger partial charge on any atom is 0.573 e. The Hall–Kier alpha value is -5.73. The van der Waals surface area contributed by atoms with Gasteiger partial charge in [-0.3, -0.25) is 4.57 Å². The van der Waals surface area contributed by atoms with Crippen molar-refractivity contribution in [3.63, 3.8) is 0 Å². The largest absolute Gasteiger partial charge is 0.573 e. The number of fused-ring (bicyclic) bond motifs is 1. The highest BCUT2D eigenvalue weighted by Gasteiger charge is 2.32. The van der Waals surface area contributed by atoms with Crippen molar-refractivity contribution >= 4 is 28.2 Å². The van der Waals surface area contributed by atoms with Gasteiger partial charge in [0.05, 0.1) is 11.1 Å². The van der Waals surface area contributed by atoms with Crippen LogP contribution in [0, 0.1) is 0 Å². The zero-order chi connectivity index (χ0) is 31.8. The van der Waals surface area contributed by atoms with Gasteiger partial charge in [-0.1, -0.05) is 24.3 Å². The van der Waals surface area contributed by atoms with Gasteiger partial charge >= 0.3 is 18.7 Å². The molecule has 15 heteroatoms. The predicted octanol–water partition coefficient (Wildman–Crippen LogP) is 8.62. The summed E-state index contributed by atoms with van der Waals surface area (Å²) in [6.45, 7) is 0. The van der Waals surface area contributed by atoms with Gasteiger partial charge in [-0.25, -0.2) is 4.79 Å². The van der Waals surface area contributed by atoms with Crippen molar-refractivity contribution in [3.8, 4) is 39.9 Å². The van der Waals surface area contributed by atoms with Crippen molar-refractivity contribution in [1.29, 1.82) is 0 Å². The summed E-state index contributed by atoms with van der Waals surface area (Å²) < 4.78 is 85.5. The van der Waals surface area contributed by atoms with E-state index in [1.165, 1.54) is 54.6 Å². The molecule has 1 aromatic heterocycles. The third-order valence-electron chi connectivity index (χ3n) is 6.14. The van der Waals surface area contributed by atoms with Crippen LogP contribution in [0.4, 0.5) is 37.7 Å².